The van der Waals surface area contributed by atoms with Gasteiger partial charge in [0.25, 0.3) is 0 Å². The van der Waals surface area contributed by atoms with Gasteiger partial charge in [-0.25, -0.2) is 13.1 Å². The molecule has 0 aromatic carbocycles. The van der Waals surface area contributed by atoms with Crippen LogP contribution in [0.5, 0.6) is 0 Å². The number of nitrogens with one attached hydrogen (secondary N) is 1. The highest BCUT2D eigenvalue weighted by molar-refractivity contribution is 7.88. The van der Waals surface area contributed by atoms with Crippen molar-refractivity contribution in [3.63, 3.8) is 0 Å². The van der Waals surface area contributed by atoms with E-state index in [4.69, 9.17) is 0 Å². The topological polar surface area (TPSA) is 49.4 Å². The Hall–Kier alpha value is -0.430. The summed E-state index contributed by atoms with van der Waals surface area (Å²) in [5, 5.41) is 4.10. The molecule has 0 saturated heterocycles. The molecule has 0 spiro atoms. The highest BCUT2D eigenvalue weighted by Crippen LogP contribution is 2.22. The van der Waals surface area contributed by atoms with Crippen molar-refractivity contribution >= 4 is 21.4 Å². The highest BCUT2D eigenvalue weighted by atomic mass is 32.2. The van der Waals surface area contributed by atoms with Gasteiger partial charge in [-0.2, -0.15) is 11.3 Å². The van der Waals surface area contributed by atoms with Crippen LogP contribution in [-0.4, -0.2) is 39.2 Å². The Morgan fingerprint density at radius 1 is 1.41 bits per heavy atom. The first-order chi connectivity index (χ1) is 7.98. The second-order valence-electron chi connectivity index (χ2n) is 3.91. The largest absolute Gasteiger partial charge is 0.296 e. The molecular formula is C11H20N2O2S2. The Labute approximate surface area is 108 Å². The third kappa shape index (κ3) is 4.75. The monoisotopic (exact) mass is 276 g/mol. The van der Waals surface area contributed by atoms with Crippen molar-refractivity contribution in [2.75, 3.05) is 25.9 Å². The number of hydrogen-bond donors (Lipinski definition) is 1. The molecule has 0 fully saturated rings. The van der Waals surface area contributed by atoms with E-state index in [0.717, 1.165) is 13.1 Å². The van der Waals surface area contributed by atoms with Crippen LogP contribution in [0.25, 0.3) is 0 Å². The molecule has 6 heteroatoms. The molecule has 1 atom stereocenters. The van der Waals surface area contributed by atoms with Crippen molar-refractivity contribution in [3.8, 4) is 0 Å². The summed E-state index contributed by atoms with van der Waals surface area (Å²) < 4.78 is 24.9. The van der Waals surface area contributed by atoms with Crippen LogP contribution in [0.1, 0.15) is 25.5 Å². The second-order valence-corrected chi connectivity index (χ2v) is 6.53. The minimum absolute atomic E-state index is 0.117. The van der Waals surface area contributed by atoms with Gasteiger partial charge in [0.15, 0.2) is 0 Å². The zero-order chi connectivity index (χ0) is 12.9. The van der Waals surface area contributed by atoms with E-state index in [1.807, 2.05) is 5.38 Å². The molecule has 1 aromatic heterocycles. The zero-order valence-corrected chi connectivity index (χ0v) is 12.1. The van der Waals surface area contributed by atoms with E-state index < -0.39 is 10.0 Å². The SMILES string of the molecule is CCN(CC)C(CNS(C)(=O)=O)c1ccsc1. The van der Waals surface area contributed by atoms with Crippen molar-refractivity contribution in [1.82, 2.24) is 9.62 Å². The highest BCUT2D eigenvalue weighted by Gasteiger charge is 2.19. The molecule has 1 rings (SSSR count). The van der Waals surface area contributed by atoms with Gasteiger partial charge in [0.2, 0.25) is 10.0 Å². The fraction of sp³-hybridized carbons (Fsp3) is 0.636. The lowest BCUT2D eigenvalue weighted by atomic mass is 10.1. The van der Waals surface area contributed by atoms with Crippen molar-refractivity contribution < 1.29 is 8.42 Å². The summed E-state index contributed by atoms with van der Waals surface area (Å²) >= 11 is 1.64. The summed E-state index contributed by atoms with van der Waals surface area (Å²) in [6, 6.07) is 2.17. The molecule has 1 unspecified atom stereocenters. The summed E-state index contributed by atoms with van der Waals surface area (Å²) in [5.41, 5.74) is 1.18. The van der Waals surface area contributed by atoms with Gasteiger partial charge in [-0.15, -0.1) is 0 Å². The van der Waals surface area contributed by atoms with Crippen LogP contribution in [0.4, 0.5) is 0 Å². The number of thiophene rings is 1. The molecule has 1 N–H and O–H groups in total. The maximum Gasteiger partial charge on any atom is 0.208 e. The smallest absolute Gasteiger partial charge is 0.208 e. The van der Waals surface area contributed by atoms with Crippen molar-refractivity contribution in [2.45, 2.75) is 19.9 Å². The van der Waals surface area contributed by atoms with Gasteiger partial charge in [0.05, 0.1) is 6.26 Å². The van der Waals surface area contributed by atoms with Crippen molar-refractivity contribution in [2.24, 2.45) is 0 Å². The Bertz CT molecular complexity index is 411. The quantitative estimate of drug-likeness (QED) is 0.824. The molecule has 1 aromatic rings. The number of nitrogens with zero attached hydrogens (tertiary/aromatic N) is 1. The molecule has 0 bridgehead atoms. The van der Waals surface area contributed by atoms with Gasteiger partial charge in [-0.3, -0.25) is 4.90 Å². The summed E-state index contributed by atoms with van der Waals surface area (Å²) in [7, 11) is -3.13. The molecule has 0 aliphatic rings. The predicted molar refractivity (Wildman–Crippen MR) is 72.8 cm³/mol. The predicted octanol–water partition coefficient (Wildman–Crippen LogP) is 1.68. The summed E-state index contributed by atoms with van der Waals surface area (Å²) in [4.78, 5) is 2.25. The zero-order valence-electron chi connectivity index (χ0n) is 10.5. The van der Waals surface area contributed by atoms with Crippen LogP contribution in [0.3, 0.4) is 0 Å². The van der Waals surface area contributed by atoms with E-state index in [1.165, 1.54) is 11.8 Å². The molecule has 0 saturated carbocycles. The molecule has 1 heterocycles. The van der Waals surface area contributed by atoms with Gasteiger partial charge in [0, 0.05) is 12.6 Å². The van der Waals surface area contributed by atoms with Crippen LogP contribution in [0, 0.1) is 0 Å². The fourth-order valence-corrected chi connectivity index (χ4v) is 2.98. The van der Waals surface area contributed by atoms with E-state index in [1.54, 1.807) is 11.3 Å². The molecular weight excluding hydrogens is 256 g/mol. The van der Waals surface area contributed by atoms with Gasteiger partial charge in [0.1, 0.15) is 0 Å². The first kappa shape index (κ1) is 14.6. The molecule has 0 radical (unpaired) electrons. The van der Waals surface area contributed by atoms with Crippen molar-refractivity contribution in [1.29, 1.82) is 0 Å². The number of sulfonamides is 1. The number of hydrogen-bond acceptors (Lipinski definition) is 4. The maximum absolute atomic E-state index is 11.2. The molecule has 0 aliphatic heterocycles. The Morgan fingerprint density at radius 2 is 2.06 bits per heavy atom. The van der Waals surface area contributed by atoms with Crippen LogP contribution in [0.15, 0.2) is 16.8 Å². The first-order valence-corrected chi connectivity index (χ1v) is 8.52. The lowest BCUT2D eigenvalue weighted by molar-refractivity contribution is 0.220. The van der Waals surface area contributed by atoms with E-state index in [0.29, 0.717) is 6.54 Å². The standard InChI is InChI=1S/C11H20N2O2S2/c1-4-13(5-2)11(8-12-17(3,14)15)10-6-7-16-9-10/h6-7,9,11-12H,4-5,8H2,1-3H3. The maximum atomic E-state index is 11.2. The third-order valence-electron chi connectivity index (χ3n) is 2.72. The molecule has 0 aliphatic carbocycles. The van der Waals surface area contributed by atoms with Gasteiger partial charge < -0.3 is 0 Å². The van der Waals surface area contributed by atoms with Crippen LogP contribution in [-0.2, 0) is 10.0 Å². The average Bonchev–Trinajstić information content (AvgIpc) is 2.76. The average molecular weight is 276 g/mol. The van der Waals surface area contributed by atoms with E-state index in [9.17, 15) is 8.42 Å². The molecule has 0 amide bonds. The van der Waals surface area contributed by atoms with Crippen molar-refractivity contribution in [3.05, 3.63) is 22.4 Å². The lowest BCUT2D eigenvalue weighted by Crippen LogP contribution is -2.37. The summed E-state index contributed by atoms with van der Waals surface area (Å²) in [6.45, 7) is 6.41. The van der Waals surface area contributed by atoms with Gasteiger partial charge in [-0.1, -0.05) is 13.8 Å². The normalized spacial score (nSPS) is 14.1. The fourth-order valence-electron chi connectivity index (χ4n) is 1.82. The van der Waals surface area contributed by atoms with Crippen LogP contribution in [0.2, 0.25) is 0 Å². The molecule has 4 nitrogen and oxygen atoms in total. The molecule has 17 heavy (non-hydrogen) atoms. The minimum atomic E-state index is -3.13. The third-order valence-corrected chi connectivity index (χ3v) is 4.11. The summed E-state index contributed by atoms with van der Waals surface area (Å²) in [6.07, 6.45) is 1.19. The van der Waals surface area contributed by atoms with Gasteiger partial charge >= 0.3 is 0 Å². The Balaban J connectivity index is 2.80. The number of likely N-dealkylation sites (N-methyl/N-ethyl adjacent to an activating group) is 1. The van der Waals surface area contributed by atoms with E-state index >= 15 is 0 Å². The van der Waals surface area contributed by atoms with Crippen LogP contribution >= 0.6 is 11.3 Å². The Kier molecular flexibility index (Phi) is 5.58. The minimum Gasteiger partial charge on any atom is -0.296 e. The van der Waals surface area contributed by atoms with Gasteiger partial charge in [-0.05, 0) is 35.5 Å². The summed E-state index contributed by atoms with van der Waals surface area (Å²) in [5.74, 6) is 0. The second kappa shape index (κ2) is 6.49. The number of rotatable bonds is 7. The van der Waals surface area contributed by atoms with E-state index in [-0.39, 0.29) is 6.04 Å². The first-order valence-electron chi connectivity index (χ1n) is 5.68. The molecule has 98 valence electrons. The lowest BCUT2D eigenvalue weighted by Gasteiger charge is -2.29. The van der Waals surface area contributed by atoms with E-state index in [2.05, 4.69) is 34.9 Å². The van der Waals surface area contributed by atoms with Crippen LogP contribution < -0.4 is 4.72 Å². The Morgan fingerprint density at radius 3 is 2.47 bits per heavy atom.